The average molecular weight is 271 g/mol. The molecule has 1 N–H and O–H groups in total. The first-order valence-electron chi connectivity index (χ1n) is 6.35. The molecular weight excluding hydrogens is 246 g/mol. The molecule has 1 aromatic rings. The zero-order chi connectivity index (χ0) is 13.6. The zero-order valence-electron chi connectivity index (χ0n) is 12.1. The number of thiazole rings is 1. The van der Waals surface area contributed by atoms with Gasteiger partial charge < -0.3 is 15.0 Å². The van der Waals surface area contributed by atoms with Crippen LogP contribution in [0.1, 0.15) is 31.5 Å². The Morgan fingerprint density at radius 2 is 2.17 bits per heavy atom. The minimum Gasteiger partial charge on any atom is -0.373 e. The fourth-order valence-corrected chi connectivity index (χ4v) is 2.01. The summed E-state index contributed by atoms with van der Waals surface area (Å²) in [5.74, 6) is 0. The molecule has 0 fully saturated rings. The molecule has 18 heavy (non-hydrogen) atoms. The van der Waals surface area contributed by atoms with Gasteiger partial charge in [-0.05, 0) is 34.5 Å². The van der Waals surface area contributed by atoms with E-state index in [4.69, 9.17) is 4.74 Å². The molecule has 0 bridgehead atoms. The Kier molecular flexibility index (Phi) is 6.21. The molecule has 0 amide bonds. The summed E-state index contributed by atoms with van der Waals surface area (Å²) in [4.78, 5) is 6.70. The van der Waals surface area contributed by atoms with Gasteiger partial charge in [-0.25, -0.2) is 4.98 Å². The summed E-state index contributed by atoms with van der Waals surface area (Å²) < 4.78 is 5.75. The van der Waals surface area contributed by atoms with Crippen molar-refractivity contribution in [3.05, 3.63) is 16.1 Å². The van der Waals surface area contributed by atoms with E-state index in [-0.39, 0.29) is 5.54 Å². The molecule has 0 aliphatic carbocycles. The molecule has 0 saturated heterocycles. The summed E-state index contributed by atoms with van der Waals surface area (Å²) in [7, 11) is 4.14. The second-order valence-electron chi connectivity index (χ2n) is 5.21. The van der Waals surface area contributed by atoms with Gasteiger partial charge in [-0.1, -0.05) is 6.92 Å². The molecule has 0 radical (unpaired) electrons. The molecule has 0 aliphatic heterocycles. The predicted molar refractivity (Wildman–Crippen MR) is 76.9 cm³/mol. The van der Waals surface area contributed by atoms with Gasteiger partial charge in [0.25, 0.3) is 0 Å². The molecule has 1 aromatic heterocycles. The highest BCUT2D eigenvalue weighted by Crippen LogP contribution is 2.14. The van der Waals surface area contributed by atoms with E-state index >= 15 is 0 Å². The van der Waals surface area contributed by atoms with Crippen molar-refractivity contribution in [1.29, 1.82) is 0 Å². The minimum absolute atomic E-state index is 0.0582. The standard InChI is InChI=1S/C13H25N3OS/c1-6-14-7-12-15-11(9-18-12)8-17-10-13(2,3)16(4)5/h9,14H,6-8,10H2,1-5H3. The molecule has 0 aliphatic rings. The summed E-state index contributed by atoms with van der Waals surface area (Å²) in [6, 6.07) is 0. The van der Waals surface area contributed by atoms with Gasteiger partial charge in [0.05, 0.1) is 18.9 Å². The number of nitrogens with zero attached hydrogens (tertiary/aromatic N) is 2. The third-order valence-electron chi connectivity index (χ3n) is 3.04. The van der Waals surface area contributed by atoms with E-state index in [1.54, 1.807) is 11.3 Å². The van der Waals surface area contributed by atoms with Crippen molar-refractivity contribution in [2.45, 2.75) is 39.5 Å². The Morgan fingerprint density at radius 1 is 1.44 bits per heavy atom. The maximum atomic E-state index is 5.75. The highest BCUT2D eigenvalue weighted by molar-refractivity contribution is 7.09. The van der Waals surface area contributed by atoms with Crippen molar-refractivity contribution < 1.29 is 4.74 Å². The monoisotopic (exact) mass is 271 g/mol. The normalized spacial score (nSPS) is 12.3. The van der Waals surface area contributed by atoms with Gasteiger partial charge in [-0.3, -0.25) is 0 Å². The molecule has 5 heteroatoms. The number of rotatable bonds is 8. The fraction of sp³-hybridized carbons (Fsp3) is 0.769. The van der Waals surface area contributed by atoms with Gasteiger partial charge in [-0.15, -0.1) is 11.3 Å². The van der Waals surface area contributed by atoms with Crippen molar-refractivity contribution in [3.8, 4) is 0 Å². The molecule has 1 rings (SSSR count). The van der Waals surface area contributed by atoms with Crippen LogP contribution < -0.4 is 5.32 Å². The lowest BCUT2D eigenvalue weighted by Gasteiger charge is -2.31. The van der Waals surface area contributed by atoms with Crippen LogP contribution in [0.25, 0.3) is 0 Å². The van der Waals surface area contributed by atoms with Crippen LogP contribution >= 0.6 is 11.3 Å². The van der Waals surface area contributed by atoms with E-state index in [0.717, 1.165) is 23.8 Å². The summed E-state index contributed by atoms with van der Waals surface area (Å²) in [5.41, 5.74) is 1.09. The molecule has 0 atom stereocenters. The number of hydrogen-bond donors (Lipinski definition) is 1. The number of aromatic nitrogens is 1. The first-order valence-corrected chi connectivity index (χ1v) is 7.23. The van der Waals surface area contributed by atoms with E-state index in [0.29, 0.717) is 13.2 Å². The lowest BCUT2D eigenvalue weighted by molar-refractivity contribution is 0.0263. The Hall–Kier alpha value is -0.490. The lowest BCUT2D eigenvalue weighted by atomic mass is 10.1. The van der Waals surface area contributed by atoms with Crippen LogP contribution in [-0.4, -0.2) is 42.7 Å². The first kappa shape index (κ1) is 15.6. The van der Waals surface area contributed by atoms with Crippen molar-refractivity contribution >= 4 is 11.3 Å². The fourth-order valence-electron chi connectivity index (χ4n) is 1.26. The largest absolute Gasteiger partial charge is 0.373 e. The van der Waals surface area contributed by atoms with Crippen molar-refractivity contribution in [2.75, 3.05) is 27.2 Å². The molecule has 0 unspecified atom stereocenters. The molecule has 0 spiro atoms. The van der Waals surface area contributed by atoms with Crippen molar-refractivity contribution in [3.63, 3.8) is 0 Å². The van der Waals surface area contributed by atoms with Crippen LogP contribution in [0.2, 0.25) is 0 Å². The van der Waals surface area contributed by atoms with Crippen LogP contribution in [-0.2, 0) is 17.9 Å². The van der Waals surface area contributed by atoms with Crippen LogP contribution in [0.4, 0.5) is 0 Å². The topological polar surface area (TPSA) is 37.4 Å². The molecule has 104 valence electrons. The van der Waals surface area contributed by atoms with Gasteiger partial charge in [0.2, 0.25) is 0 Å². The smallest absolute Gasteiger partial charge is 0.107 e. The second kappa shape index (κ2) is 7.19. The number of ether oxygens (including phenoxy) is 1. The first-order chi connectivity index (χ1) is 8.45. The highest BCUT2D eigenvalue weighted by atomic mass is 32.1. The summed E-state index contributed by atoms with van der Waals surface area (Å²) in [6.45, 7) is 9.57. The van der Waals surface area contributed by atoms with Crippen LogP contribution in [0.15, 0.2) is 5.38 Å². The SMILES string of the molecule is CCNCc1nc(COCC(C)(C)N(C)C)cs1. The van der Waals surface area contributed by atoms with Crippen molar-refractivity contribution in [2.24, 2.45) is 0 Å². The second-order valence-corrected chi connectivity index (χ2v) is 6.16. The Morgan fingerprint density at radius 3 is 2.78 bits per heavy atom. The lowest BCUT2D eigenvalue weighted by Crippen LogP contribution is -2.42. The summed E-state index contributed by atoms with van der Waals surface area (Å²) in [6.07, 6.45) is 0. The predicted octanol–water partition coefficient (Wildman–Crippen LogP) is 2.11. The Bertz CT molecular complexity index is 350. The van der Waals surface area contributed by atoms with Gasteiger partial charge in [-0.2, -0.15) is 0 Å². The van der Waals surface area contributed by atoms with E-state index in [2.05, 4.69) is 55.4 Å². The Balaban J connectivity index is 2.33. The Labute approximate surface area is 114 Å². The molecular formula is C13H25N3OS. The van der Waals surface area contributed by atoms with Crippen LogP contribution in [0.3, 0.4) is 0 Å². The highest BCUT2D eigenvalue weighted by Gasteiger charge is 2.20. The third-order valence-corrected chi connectivity index (χ3v) is 3.94. The third kappa shape index (κ3) is 5.02. The maximum Gasteiger partial charge on any atom is 0.107 e. The summed E-state index contributed by atoms with van der Waals surface area (Å²) in [5, 5.41) is 6.48. The molecule has 0 saturated carbocycles. The van der Waals surface area contributed by atoms with Gasteiger partial charge >= 0.3 is 0 Å². The zero-order valence-corrected chi connectivity index (χ0v) is 12.9. The number of hydrogen-bond acceptors (Lipinski definition) is 5. The van der Waals surface area contributed by atoms with Crippen LogP contribution in [0, 0.1) is 0 Å². The number of likely N-dealkylation sites (N-methyl/N-ethyl adjacent to an activating group) is 1. The van der Waals surface area contributed by atoms with Gasteiger partial charge in [0.1, 0.15) is 5.01 Å². The van der Waals surface area contributed by atoms with E-state index in [1.807, 2.05) is 0 Å². The van der Waals surface area contributed by atoms with Gasteiger partial charge in [0.15, 0.2) is 0 Å². The van der Waals surface area contributed by atoms with E-state index in [1.165, 1.54) is 0 Å². The van der Waals surface area contributed by atoms with Crippen LogP contribution in [0.5, 0.6) is 0 Å². The summed E-state index contributed by atoms with van der Waals surface area (Å²) >= 11 is 1.69. The maximum absolute atomic E-state index is 5.75. The molecule has 4 nitrogen and oxygen atoms in total. The van der Waals surface area contributed by atoms with Gasteiger partial charge in [0, 0.05) is 17.5 Å². The minimum atomic E-state index is 0.0582. The molecule has 1 heterocycles. The molecule has 0 aromatic carbocycles. The van der Waals surface area contributed by atoms with E-state index < -0.39 is 0 Å². The van der Waals surface area contributed by atoms with E-state index in [9.17, 15) is 0 Å². The average Bonchev–Trinajstić information content (AvgIpc) is 2.74. The quantitative estimate of drug-likeness (QED) is 0.786. The number of nitrogens with one attached hydrogen (secondary N) is 1. The van der Waals surface area contributed by atoms with Crippen molar-refractivity contribution in [1.82, 2.24) is 15.2 Å².